The van der Waals surface area contributed by atoms with E-state index < -0.39 is 0 Å². The van der Waals surface area contributed by atoms with Gasteiger partial charge in [0.05, 0.1) is 21.8 Å². The van der Waals surface area contributed by atoms with Gasteiger partial charge in [0.25, 0.3) is 5.91 Å². The molecule has 0 aliphatic heterocycles. The molecule has 27 heavy (non-hydrogen) atoms. The third-order valence-corrected chi connectivity index (χ3v) is 5.41. The second-order valence-corrected chi connectivity index (χ2v) is 7.88. The van der Waals surface area contributed by atoms with E-state index in [1.54, 1.807) is 32.5 Å². The first-order chi connectivity index (χ1) is 13.0. The standard InChI is InChI=1S/C20H19BrN2O3S/c1-23(2)19(24)12-26-20-14(21)10-13(11-16(20)25-3)8-9-18-22-15-6-4-5-7-17(15)27-18/h4-11H,12H2,1-3H3/b9-8+. The molecule has 0 N–H and O–H groups in total. The second-order valence-electron chi connectivity index (χ2n) is 5.96. The number of benzene rings is 2. The van der Waals surface area contributed by atoms with Crippen LogP contribution in [0.15, 0.2) is 40.9 Å². The number of halogens is 1. The van der Waals surface area contributed by atoms with E-state index in [4.69, 9.17) is 9.47 Å². The molecule has 1 amide bonds. The van der Waals surface area contributed by atoms with Crippen molar-refractivity contribution in [3.05, 3.63) is 51.4 Å². The Hall–Kier alpha value is -2.38. The predicted molar refractivity (Wildman–Crippen MR) is 113 cm³/mol. The van der Waals surface area contributed by atoms with E-state index in [1.165, 1.54) is 4.90 Å². The van der Waals surface area contributed by atoms with Gasteiger partial charge in [-0.1, -0.05) is 18.2 Å². The van der Waals surface area contributed by atoms with Gasteiger partial charge in [0.2, 0.25) is 0 Å². The quantitative estimate of drug-likeness (QED) is 0.550. The fourth-order valence-corrected chi connectivity index (χ4v) is 3.81. The van der Waals surface area contributed by atoms with Crippen molar-refractivity contribution < 1.29 is 14.3 Å². The maximum absolute atomic E-state index is 11.8. The average Bonchev–Trinajstić information content (AvgIpc) is 3.07. The van der Waals surface area contributed by atoms with E-state index in [2.05, 4.69) is 27.0 Å². The van der Waals surface area contributed by atoms with Crippen molar-refractivity contribution in [2.75, 3.05) is 27.8 Å². The van der Waals surface area contributed by atoms with Crippen LogP contribution in [0.2, 0.25) is 0 Å². The number of likely N-dealkylation sites (N-methyl/N-ethyl adjacent to an activating group) is 1. The number of hydrogen-bond acceptors (Lipinski definition) is 5. The van der Waals surface area contributed by atoms with E-state index >= 15 is 0 Å². The number of methoxy groups -OCH3 is 1. The first-order valence-electron chi connectivity index (χ1n) is 8.22. The maximum Gasteiger partial charge on any atom is 0.259 e. The van der Waals surface area contributed by atoms with Gasteiger partial charge in [0.1, 0.15) is 5.01 Å². The highest BCUT2D eigenvalue weighted by molar-refractivity contribution is 9.10. The molecule has 7 heteroatoms. The third kappa shape index (κ3) is 4.67. The molecule has 0 atom stereocenters. The highest BCUT2D eigenvalue weighted by Gasteiger charge is 2.13. The maximum atomic E-state index is 11.8. The van der Waals surface area contributed by atoms with Crippen molar-refractivity contribution >= 4 is 55.5 Å². The molecule has 0 saturated heterocycles. The van der Waals surface area contributed by atoms with Crippen LogP contribution in [0, 0.1) is 0 Å². The zero-order valence-corrected chi connectivity index (χ0v) is 17.6. The number of nitrogens with zero attached hydrogens (tertiary/aromatic N) is 2. The molecule has 1 aromatic heterocycles. The highest BCUT2D eigenvalue weighted by Crippen LogP contribution is 2.37. The number of thiazole rings is 1. The van der Waals surface area contributed by atoms with Crippen LogP contribution in [0.25, 0.3) is 22.4 Å². The molecule has 0 radical (unpaired) electrons. The Morgan fingerprint density at radius 2 is 2.04 bits per heavy atom. The molecular weight excluding hydrogens is 428 g/mol. The zero-order valence-electron chi connectivity index (χ0n) is 15.2. The predicted octanol–water partition coefficient (Wildman–Crippen LogP) is 4.70. The Labute approximate surface area is 170 Å². The summed E-state index contributed by atoms with van der Waals surface area (Å²) in [5.41, 5.74) is 1.93. The lowest BCUT2D eigenvalue weighted by Crippen LogP contribution is -2.27. The summed E-state index contributed by atoms with van der Waals surface area (Å²) >= 11 is 5.14. The number of carbonyl (C=O) groups excluding carboxylic acids is 1. The number of para-hydroxylation sites is 1. The SMILES string of the molecule is COc1cc(/C=C/c2nc3ccccc3s2)cc(Br)c1OCC(=O)N(C)C. The van der Waals surface area contributed by atoms with Crippen LogP contribution < -0.4 is 9.47 Å². The van der Waals surface area contributed by atoms with Gasteiger partial charge in [0, 0.05) is 14.1 Å². The number of hydrogen-bond donors (Lipinski definition) is 0. The summed E-state index contributed by atoms with van der Waals surface area (Å²) in [5.74, 6) is 0.938. The lowest BCUT2D eigenvalue weighted by molar-refractivity contribution is -0.130. The summed E-state index contributed by atoms with van der Waals surface area (Å²) in [4.78, 5) is 17.8. The molecule has 0 fully saturated rings. The molecule has 5 nitrogen and oxygen atoms in total. The van der Waals surface area contributed by atoms with Crippen molar-refractivity contribution in [1.82, 2.24) is 9.88 Å². The topological polar surface area (TPSA) is 51.7 Å². The molecule has 0 aliphatic rings. The first kappa shape index (κ1) is 19.4. The van der Waals surface area contributed by atoms with Crippen molar-refractivity contribution in [2.24, 2.45) is 0 Å². The Morgan fingerprint density at radius 1 is 1.26 bits per heavy atom. The average molecular weight is 447 g/mol. The summed E-state index contributed by atoms with van der Waals surface area (Å²) in [7, 11) is 4.95. The number of carbonyl (C=O) groups is 1. The summed E-state index contributed by atoms with van der Waals surface area (Å²) < 4.78 is 13.0. The second kappa shape index (κ2) is 8.54. The minimum atomic E-state index is -0.122. The smallest absolute Gasteiger partial charge is 0.259 e. The number of rotatable bonds is 6. The fourth-order valence-electron chi connectivity index (χ4n) is 2.37. The van der Waals surface area contributed by atoms with Crippen LogP contribution >= 0.6 is 27.3 Å². The minimum Gasteiger partial charge on any atom is -0.493 e. The summed E-state index contributed by atoms with van der Waals surface area (Å²) in [6, 6.07) is 11.8. The van der Waals surface area contributed by atoms with Crippen LogP contribution in [-0.4, -0.2) is 43.6 Å². The molecule has 0 bridgehead atoms. The first-order valence-corrected chi connectivity index (χ1v) is 9.83. The Morgan fingerprint density at radius 3 is 2.74 bits per heavy atom. The molecule has 3 rings (SSSR count). The van der Waals surface area contributed by atoms with Gasteiger partial charge < -0.3 is 14.4 Å². The largest absolute Gasteiger partial charge is 0.493 e. The van der Waals surface area contributed by atoms with Crippen molar-refractivity contribution in [3.8, 4) is 11.5 Å². The van der Waals surface area contributed by atoms with Crippen LogP contribution in [-0.2, 0) is 4.79 Å². The van der Waals surface area contributed by atoms with Crippen molar-refractivity contribution in [1.29, 1.82) is 0 Å². The van der Waals surface area contributed by atoms with Gasteiger partial charge >= 0.3 is 0 Å². The normalized spacial score (nSPS) is 11.1. The molecule has 0 aliphatic carbocycles. The van der Waals surface area contributed by atoms with Crippen LogP contribution in [0.3, 0.4) is 0 Å². The summed E-state index contributed by atoms with van der Waals surface area (Å²) in [6.07, 6.45) is 3.95. The molecule has 0 spiro atoms. The van der Waals surface area contributed by atoms with Crippen molar-refractivity contribution in [2.45, 2.75) is 0 Å². The number of fused-ring (bicyclic) bond motifs is 1. The zero-order chi connectivity index (χ0) is 19.4. The lowest BCUT2D eigenvalue weighted by Gasteiger charge is -2.15. The Bertz CT molecular complexity index is 965. The Kier molecular flexibility index (Phi) is 6.13. The fraction of sp³-hybridized carbons (Fsp3) is 0.200. The minimum absolute atomic E-state index is 0.0527. The van der Waals surface area contributed by atoms with E-state index in [9.17, 15) is 4.79 Å². The lowest BCUT2D eigenvalue weighted by atomic mass is 10.2. The van der Waals surface area contributed by atoms with E-state index in [1.807, 2.05) is 42.5 Å². The molecule has 1 heterocycles. The monoisotopic (exact) mass is 446 g/mol. The molecular formula is C20H19BrN2O3S. The van der Waals surface area contributed by atoms with Gasteiger partial charge in [-0.3, -0.25) is 4.79 Å². The molecule has 2 aromatic carbocycles. The third-order valence-electron chi connectivity index (χ3n) is 3.82. The van der Waals surface area contributed by atoms with Crippen LogP contribution in [0.5, 0.6) is 11.5 Å². The summed E-state index contributed by atoms with van der Waals surface area (Å²) in [5, 5.41) is 0.934. The van der Waals surface area contributed by atoms with Crippen molar-refractivity contribution in [3.63, 3.8) is 0 Å². The molecule has 0 unspecified atom stereocenters. The molecule has 3 aromatic rings. The Balaban J connectivity index is 1.81. The highest BCUT2D eigenvalue weighted by atomic mass is 79.9. The van der Waals surface area contributed by atoms with Gasteiger partial charge in [0.15, 0.2) is 18.1 Å². The van der Waals surface area contributed by atoms with Gasteiger partial charge in [-0.15, -0.1) is 11.3 Å². The van der Waals surface area contributed by atoms with Crippen LogP contribution in [0.1, 0.15) is 10.6 Å². The van der Waals surface area contributed by atoms with E-state index in [-0.39, 0.29) is 12.5 Å². The molecule has 140 valence electrons. The van der Waals surface area contributed by atoms with Crippen LogP contribution in [0.4, 0.5) is 0 Å². The van der Waals surface area contributed by atoms with Gasteiger partial charge in [-0.25, -0.2) is 4.98 Å². The van der Waals surface area contributed by atoms with E-state index in [0.29, 0.717) is 11.5 Å². The van der Waals surface area contributed by atoms with Gasteiger partial charge in [-0.05, 0) is 51.8 Å². The number of amides is 1. The number of aromatic nitrogens is 1. The summed E-state index contributed by atoms with van der Waals surface area (Å²) in [6.45, 7) is -0.0527. The van der Waals surface area contributed by atoms with Gasteiger partial charge in [-0.2, -0.15) is 0 Å². The number of ether oxygens (including phenoxy) is 2. The van der Waals surface area contributed by atoms with E-state index in [0.717, 1.165) is 25.3 Å². The molecule has 0 saturated carbocycles.